The fraction of sp³-hybridized carbons (Fsp3) is 1.00. The predicted octanol–water partition coefficient (Wildman–Crippen LogP) is 3.53. The van der Waals surface area contributed by atoms with Crippen molar-refractivity contribution in [2.45, 2.75) is 38.5 Å². The van der Waals surface area contributed by atoms with E-state index < -0.39 is 15.6 Å². The van der Waals surface area contributed by atoms with E-state index in [0.29, 0.717) is 0 Å². The highest BCUT2D eigenvalue weighted by molar-refractivity contribution is 7.50. The Morgan fingerprint density at radius 1 is 0.524 bits per heavy atom. The van der Waals surface area contributed by atoms with Gasteiger partial charge in [0.2, 0.25) is 8.37 Å². The average molecular weight is 329 g/mol. The predicted molar refractivity (Wildman–Crippen MR) is 80.9 cm³/mol. The van der Waals surface area contributed by atoms with Gasteiger partial charge >= 0.3 is 7.25 Å². The molecule has 3 aliphatic rings. The van der Waals surface area contributed by atoms with Crippen LogP contribution in [0.5, 0.6) is 0 Å². The maximum atomic E-state index is 9.75. The zero-order valence-electron chi connectivity index (χ0n) is 12.4. The van der Waals surface area contributed by atoms with Crippen molar-refractivity contribution in [3.8, 4) is 0 Å². The summed E-state index contributed by atoms with van der Waals surface area (Å²) in [7, 11) is -6.48. The van der Waals surface area contributed by atoms with Crippen molar-refractivity contribution in [3.05, 3.63) is 0 Å². The van der Waals surface area contributed by atoms with Gasteiger partial charge in [0.15, 0.2) is 0 Å². The van der Waals surface area contributed by atoms with E-state index in [4.69, 9.17) is 0 Å². The lowest BCUT2D eigenvalue weighted by molar-refractivity contribution is 0.368. The molecule has 3 nitrogen and oxygen atoms in total. The molecule has 0 aliphatic carbocycles. The highest BCUT2D eigenvalue weighted by Crippen LogP contribution is 2.52. The van der Waals surface area contributed by atoms with Gasteiger partial charge in [-0.3, -0.25) is 0 Å². The molecule has 0 bridgehead atoms. The Morgan fingerprint density at radius 2 is 0.714 bits per heavy atom. The van der Waals surface area contributed by atoms with Gasteiger partial charge in [0.05, 0.1) is 0 Å². The maximum absolute atomic E-state index is 9.75. The molecule has 3 rings (SSSR count). The molecule has 3 fully saturated rings. The first-order chi connectivity index (χ1) is 9.95. The summed E-state index contributed by atoms with van der Waals surface area (Å²) in [5, 5.41) is 0. The molecule has 0 radical (unpaired) electrons. The van der Waals surface area contributed by atoms with Gasteiger partial charge in [0.1, 0.15) is 0 Å². The zero-order chi connectivity index (χ0) is 15.3. The molecule has 3 aliphatic heterocycles. The van der Waals surface area contributed by atoms with Crippen molar-refractivity contribution >= 4 is 15.6 Å². The highest BCUT2D eigenvalue weighted by Gasteiger charge is 2.42. The Bertz CT molecular complexity index is 259. The van der Waals surface area contributed by atoms with Crippen LogP contribution < -0.4 is 0 Å². The van der Waals surface area contributed by atoms with Gasteiger partial charge < -0.3 is 17.3 Å². The molecule has 0 spiro atoms. The third-order valence-corrected chi connectivity index (χ3v) is 7.21. The fourth-order valence-corrected chi connectivity index (χ4v) is 6.70. The Labute approximate surface area is 125 Å². The lowest BCUT2D eigenvalue weighted by Gasteiger charge is -2.31. The first-order valence-electron chi connectivity index (χ1n) is 7.94. The summed E-state index contributed by atoms with van der Waals surface area (Å²) in [5.74, 6) is 0. The monoisotopic (exact) mass is 329 g/mol. The molecular weight excluding hydrogens is 304 g/mol. The summed E-state index contributed by atoms with van der Waals surface area (Å²) in [6.07, 6.45) is 8.64. The first kappa shape index (κ1) is 17.4. The summed E-state index contributed by atoms with van der Waals surface area (Å²) < 4.78 is 47.5. The lowest BCUT2D eigenvalue weighted by atomic mass is 10.3. The van der Waals surface area contributed by atoms with Crippen molar-refractivity contribution in [2.75, 3.05) is 39.3 Å². The van der Waals surface area contributed by atoms with Gasteiger partial charge in [0, 0.05) is 39.3 Å². The molecule has 0 N–H and O–H groups in total. The Balaban J connectivity index is 0.000000282. The summed E-state index contributed by atoms with van der Waals surface area (Å²) >= 11 is 0. The summed E-state index contributed by atoms with van der Waals surface area (Å²) in [6, 6.07) is 0. The second kappa shape index (κ2) is 8.09. The van der Waals surface area contributed by atoms with Crippen LogP contribution in [0.4, 0.5) is 17.3 Å². The van der Waals surface area contributed by atoms with Gasteiger partial charge in [-0.25, -0.2) is 0 Å². The van der Waals surface area contributed by atoms with Gasteiger partial charge in [0.25, 0.3) is 0 Å². The van der Waals surface area contributed by atoms with Crippen LogP contribution in [0.1, 0.15) is 38.5 Å². The molecule has 0 atom stereocenters. The number of nitrogens with zero attached hydrogens (tertiary/aromatic N) is 3. The van der Waals surface area contributed by atoms with Gasteiger partial charge in [-0.2, -0.15) is 14.0 Å². The van der Waals surface area contributed by atoms with E-state index in [1.54, 1.807) is 0 Å². The molecule has 3 saturated heterocycles. The van der Waals surface area contributed by atoms with E-state index in [9.17, 15) is 17.3 Å². The number of hydrogen-bond acceptors (Lipinski definition) is 3. The highest BCUT2D eigenvalue weighted by atomic mass is 31.2. The van der Waals surface area contributed by atoms with Crippen molar-refractivity contribution in [1.82, 2.24) is 14.0 Å². The van der Waals surface area contributed by atoms with E-state index in [1.165, 1.54) is 77.8 Å². The van der Waals surface area contributed by atoms with E-state index in [0.717, 1.165) is 0 Å². The molecule has 0 aromatic carbocycles. The van der Waals surface area contributed by atoms with E-state index in [-0.39, 0.29) is 0 Å². The molecule has 0 aromatic heterocycles. The van der Waals surface area contributed by atoms with Crippen LogP contribution >= 0.6 is 8.37 Å². The normalized spacial score (nSPS) is 25.6. The second-order valence-corrected chi connectivity index (χ2v) is 8.37. The van der Waals surface area contributed by atoms with Crippen LogP contribution in [0.2, 0.25) is 0 Å². The number of hydrogen-bond donors (Lipinski definition) is 0. The van der Waals surface area contributed by atoms with Crippen LogP contribution in [0.3, 0.4) is 0 Å². The SMILES string of the molecule is C1CCN([PH+](N2CCCC2)N2CCCC2)C1.F[B-](F)(F)F. The smallest absolute Gasteiger partial charge is 0.418 e. The minimum absolute atomic E-state index is 0.478. The Morgan fingerprint density at radius 3 is 0.905 bits per heavy atom. The quantitative estimate of drug-likeness (QED) is 0.446. The standard InChI is InChI=1S/C12H24N3P.BF4/c1-2-8-13(7-1)16(14-9-3-4-10-14)15-11-5-6-12-15;2-1(3,4)5/h1-12H2;/q;-1/p+1. The summed E-state index contributed by atoms with van der Waals surface area (Å²) in [6.45, 7) is 8.26. The van der Waals surface area contributed by atoms with E-state index in [2.05, 4.69) is 14.0 Å². The van der Waals surface area contributed by atoms with Crippen LogP contribution in [0.25, 0.3) is 0 Å². The van der Waals surface area contributed by atoms with Crippen molar-refractivity contribution in [1.29, 1.82) is 0 Å². The molecule has 3 heterocycles. The van der Waals surface area contributed by atoms with Crippen LogP contribution in [-0.2, 0) is 0 Å². The minimum atomic E-state index is -6.00. The molecule has 0 amide bonds. The topological polar surface area (TPSA) is 9.72 Å². The third-order valence-electron chi connectivity index (χ3n) is 4.17. The Kier molecular flexibility index (Phi) is 6.72. The molecule has 0 unspecified atom stereocenters. The molecule has 124 valence electrons. The van der Waals surface area contributed by atoms with Crippen molar-refractivity contribution in [2.24, 2.45) is 0 Å². The summed E-state index contributed by atoms with van der Waals surface area (Å²) in [4.78, 5) is 0. The first-order valence-corrected chi connectivity index (χ1v) is 9.28. The number of rotatable bonds is 3. The zero-order valence-corrected chi connectivity index (χ0v) is 13.4. The molecule has 21 heavy (non-hydrogen) atoms. The lowest BCUT2D eigenvalue weighted by Crippen LogP contribution is -2.34. The Hall–Kier alpha value is 0.0949. The van der Waals surface area contributed by atoms with Crippen molar-refractivity contribution in [3.63, 3.8) is 0 Å². The minimum Gasteiger partial charge on any atom is -0.418 e. The maximum Gasteiger partial charge on any atom is 0.673 e. The molecule has 0 aromatic rings. The van der Waals surface area contributed by atoms with Crippen LogP contribution in [0.15, 0.2) is 0 Å². The largest absolute Gasteiger partial charge is 0.673 e. The molecule has 0 saturated carbocycles. The number of halogens is 4. The fourth-order valence-electron chi connectivity index (χ4n) is 3.35. The van der Waals surface area contributed by atoms with Gasteiger partial charge in [-0.15, -0.1) is 0 Å². The van der Waals surface area contributed by atoms with Crippen LogP contribution in [-0.4, -0.2) is 60.5 Å². The average Bonchev–Trinajstić information content (AvgIpc) is 3.11. The molecule has 9 heteroatoms. The second-order valence-electron chi connectivity index (χ2n) is 5.88. The summed E-state index contributed by atoms with van der Waals surface area (Å²) in [5.41, 5.74) is 0. The van der Waals surface area contributed by atoms with Gasteiger partial charge in [-0.05, 0) is 38.5 Å². The third kappa shape index (κ3) is 6.01. The molecular formula is C12H25BF4N3P. The van der Waals surface area contributed by atoms with Crippen molar-refractivity contribution < 1.29 is 17.3 Å². The van der Waals surface area contributed by atoms with E-state index in [1.807, 2.05) is 0 Å². The van der Waals surface area contributed by atoms with Crippen LogP contribution in [0, 0.1) is 0 Å². The van der Waals surface area contributed by atoms with E-state index >= 15 is 0 Å². The van der Waals surface area contributed by atoms with Gasteiger partial charge in [-0.1, -0.05) is 0 Å².